The minimum absolute atomic E-state index is 0.239. The van der Waals surface area contributed by atoms with Gasteiger partial charge < -0.3 is 15.5 Å². The van der Waals surface area contributed by atoms with Crippen molar-refractivity contribution in [1.29, 1.82) is 0 Å². The minimum Gasteiger partial charge on any atom is -0.346 e. The van der Waals surface area contributed by atoms with Gasteiger partial charge in [-0.15, -0.1) is 0 Å². The number of benzene rings is 2. The van der Waals surface area contributed by atoms with E-state index >= 15 is 0 Å². The van der Waals surface area contributed by atoms with E-state index in [-0.39, 0.29) is 5.91 Å². The van der Waals surface area contributed by atoms with Crippen molar-refractivity contribution in [2.75, 3.05) is 31.5 Å². The van der Waals surface area contributed by atoms with Crippen molar-refractivity contribution in [2.24, 2.45) is 0 Å². The number of halogens is 3. The Bertz CT molecular complexity index is 832. The van der Waals surface area contributed by atoms with Crippen LogP contribution in [0.2, 0.25) is 0 Å². The fourth-order valence-electron chi connectivity index (χ4n) is 2.89. The molecule has 29 heavy (non-hydrogen) atoms. The molecule has 0 heterocycles. The van der Waals surface area contributed by atoms with Crippen LogP contribution in [0, 0.1) is 0 Å². The fraction of sp³-hybridized carbons (Fsp3) is 0.333. The third-order valence-corrected chi connectivity index (χ3v) is 4.65. The maximum absolute atomic E-state index is 13.1. The van der Waals surface area contributed by atoms with Crippen molar-refractivity contribution in [2.45, 2.75) is 20.0 Å². The number of likely N-dealkylation sites (N-methyl/N-ethyl adjacent to an activating group) is 1. The number of hydrogen-bond acceptors (Lipinski definition) is 2. The molecule has 0 bridgehead atoms. The number of alkyl halides is 3. The van der Waals surface area contributed by atoms with Crippen LogP contribution < -0.4 is 15.5 Å². The standard InChI is InChI=1S/C21H24F3N3O2/c1-3-27(4-2)14-13-25-19(28)15-9-11-16(12-10-15)26-20(29)17-7-5-6-8-18(17)21(22,23)24/h5-12H,3-4,13-14H2,1-2H3,(H,25,28)(H,26,29)/p+1. The summed E-state index contributed by atoms with van der Waals surface area (Å²) >= 11 is 0. The van der Waals surface area contributed by atoms with Crippen molar-refractivity contribution in [1.82, 2.24) is 5.32 Å². The molecule has 0 aliphatic rings. The van der Waals surface area contributed by atoms with Gasteiger partial charge in [0, 0.05) is 11.3 Å². The van der Waals surface area contributed by atoms with Crippen LogP contribution in [0.15, 0.2) is 48.5 Å². The number of carbonyl (C=O) groups excluding carboxylic acids is 2. The molecular formula is C21H25F3N3O2+. The fourth-order valence-corrected chi connectivity index (χ4v) is 2.89. The molecule has 0 saturated heterocycles. The van der Waals surface area contributed by atoms with Gasteiger partial charge in [0.25, 0.3) is 11.8 Å². The molecular weight excluding hydrogens is 383 g/mol. The first-order chi connectivity index (χ1) is 13.8. The van der Waals surface area contributed by atoms with Crippen LogP contribution in [0.3, 0.4) is 0 Å². The first kappa shape index (κ1) is 22.4. The van der Waals surface area contributed by atoms with Crippen LogP contribution in [0.25, 0.3) is 0 Å². The first-order valence-corrected chi connectivity index (χ1v) is 9.45. The Labute approximate surface area is 167 Å². The molecule has 0 spiro atoms. The summed E-state index contributed by atoms with van der Waals surface area (Å²) in [6.07, 6.45) is -4.62. The number of quaternary nitrogens is 1. The smallest absolute Gasteiger partial charge is 0.346 e. The van der Waals surface area contributed by atoms with Gasteiger partial charge in [0.2, 0.25) is 0 Å². The maximum Gasteiger partial charge on any atom is 0.417 e. The third kappa shape index (κ3) is 6.32. The number of anilines is 1. The van der Waals surface area contributed by atoms with E-state index in [1.54, 1.807) is 0 Å². The second-order valence-electron chi connectivity index (χ2n) is 6.54. The zero-order valence-electron chi connectivity index (χ0n) is 16.4. The van der Waals surface area contributed by atoms with Crippen LogP contribution in [0.5, 0.6) is 0 Å². The molecule has 0 fully saturated rings. The van der Waals surface area contributed by atoms with Crippen molar-refractivity contribution in [3.63, 3.8) is 0 Å². The highest BCUT2D eigenvalue weighted by atomic mass is 19.4. The summed E-state index contributed by atoms with van der Waals surface area (Å²) in [6.45, 7) is 7.51. The van der Waals surface area contributed by atoms with Crippen LogP contribution in [-0.2, 0) is 6.18 Å². The molecule has 5 nitrogen and oxygen atoms in total. The summed E-state index contributed by atoms with van der Waals surface area (Å²) < 4.78 is 39.2. The van der Waals surface area contributed by atoms with Crippen molar-refractivity contribution in [3.05, 3.63) is 65.2 Å². The van der Waals surface area contributed by atoms with E-state index in [1.165, 1.54) is 41.3 Å². The van der Waals surface area contributed by atoms with E-state index in [9.17, 15) is 22.8 Å². The summed E-state index contributed by atoms with van der Waals surface area (Å²) in [5.74, 6) is -1.10. The van der Waals surface area contributed by atoms with Crippen LogP contribution >= 0.6 is 0 Å². The lowest BCUT2D eigenvalue weighted by Crippen LogP contribution is -3.12. The SMILES string of the molecule is CC[NH+](CC)CCNC(=O)c1ccc(NC(=O)c2ccccc2C(F)(F)F)cc1. The molecule has 8 heteroatoms. The van der Waals surface area contributed by atoms with E-state index in [0.717, 1.165) is 31.8 Å². The van der Waals surface area contributed by atoms with Gasteiger partial charge in [-0.25, -0.2) is 0 Å². The zero-order valence-corrected chi connectivity index (χ0v) is 16.4. The van der Waals surface area contributed by atoms with Gasteiger partial charge in [-0.05, 0) is 50.2 Å². The number of rotatable bonds is 8. The molecule has 2 amide bonds. The van der Waals surface area contributed by atoms with Gasteiger partial charge in [0.1, 0.15) is 0 Å². The Morgan fingerprint density at radius 2 is 1.55 bits per heavy atom. The van der Waals surface area contributed by atoms with E-state index in [1.807, 2.05) is 0 Å². The molecule has 2 rings (SSSR count). The third-order valence-electron chi connectivity index (χ3n) is 4.65. The molecule has 0 aromatic heterocycles. The predicted octanol–water partition coefficient (Wildman–Crippen LogP) is 2.61. The normalized spacial score (nSPS) is 11.4. The molecule has 0 aliphatic carbocycles. The molecule has 2 aromatic carbocycles. The van der Waals surface area contributed by atoms with Crippen LogP contribution in [-0.4, -0.2) is 38.0 Å². The van der Waals surface area contributed by atoms with Crippen LogP contribution in [0.4, 0.5) is 18.9 Å². The summed E-state index contributed by atoms with van der Waals surface area (Å²) in [5.41, 5.74) is -0.742. The molecule has 0 unspecified atom stereocenters. The molecule has 3 N–H and O–H groups in total. The molecule has 2 aromatic rings. The Morgan fingerprint density at radius 1 is 0.931 bits per heavy atom. The summed E-state index contributed by atoms with van der Waals surface area (Å²) in [4.78, 5) is 25.8. The average Bonchev–Trinajstić information content (AvgIpc) is 2.71. The topological polar surface area (TPSA) is 62.6 Å². The number of nitrogens with one attached hydrogen (secondary N) is 3. The number of amides is 2. The highest BCUT2D eigenvalue weighted by Crippen LogP contribution is 2.32. The Hall–Kier alpha value is -2.87. The Balaban J connectivity index is 1.99. The Morgan fingerprint density at radius 3 is 2.14 bits per heavy atom. The molecule has 0 saturated carbocycles. The highest BCUT2D eigenvalue weighted by Gasteiger charge is 2.34. The summed E-state index contributed by atoms with van der Waals surface area (Å²) in [5, 5.41) is 5.27. The molecule has 0 radical (unpaired) electrons. The minimum atomic E-state index is -4.62. The largest absolute Gasteiger partial charge is 0.417 e. The zero-order chi connectivity index (χ0) is 21.4. The van der Waals surface area contributed by atoms with Crippen molar-refractivity contribution >= 4 is 17.5 Å². The molecule has 0 aliphatic heterocycles. The quantitative estimate of drug-likeness (QED) is 0.629. The van der Waals surface area contributed by atoms with Crippen LogP contribution in [0.1, 0.15) is 40.1 Å². The highest BCUT2D eigenvalue weighted by molar-refractivity contribution is 6.05. The van der Waals surface area contributed by atoms with E-state index in [2.05, 4.69) is 24.5 Å². The van der Waals surface area contributed by atoms with Crippen molar-refractivity contribution < 1.29 is 27.7 Å². The molecule has 0 atom stereocenters. The summed E-state index contributed by atoms with van der Waals surface area (Å²) in [7, 11) is 0. The first-order valence-electron chi connectivity index (χ1n) is 9.45. The number of hydrogen-bond donors (Lipinski definition) is 3. The lowest BCUT2D eigenvalue weighted by molar-refractivity contribution is -0.895. The van der Waals surface area contributed by atoms with Gasteiger partial charge in [-0.3, -0.25) is 9.59 Å². The van der Waals surface area contributed by atoms with Gasteiger partial charge in [0.05, 0.1) is 37.3 Å². The van der Waals surface area contributed by atoms with E-state index in [0.29, 0.717) is 17.8 Å². The monoisotopic (exact) mass is 408 g/mol. The van der Waals surface area contributed by atoms with Gasteiger partial charge >= 0.3 is 6.18 Å². The Kier molecular flexibility index (Phi) is 7.78. The van der Waals surface area contributed by atoms with E-state index in [4.69, 9.17) is 0 Å². The predicted molar refractivity (Wildman–Crippen MR) is 105 cm³/mol. The lowest BCUT2D eigenvalue weighted by Gasteiger charge is -2.15. The van der Waals surface area contributed by atoms with Crippen molar-refractivity contribution in [3.8, 4) is 0 Å². The van der Waals surface area contributed by atoms with Gasteiger partial charge in [-0.1, -0.05) is 12.1 Å². The summed E-state index contributed by atoms with van der Waals surface area (Å²) in [6, 6.07) is 10.6. The van der Waals surface area contributed by atoms with E-state index < -0.39 is 23.2 Å². The molecule has 156 valence electrons. The second-order valence-corrected chi connectivity index (χ2v) is 6.54. The van der Waals surface area contributed by atoms with Gasteiger partial charge in [-0.2, -0.15) is 13.2 Å². The van der Waals surface area contributed by atoms with Gasteiger partial charge in [0.15, 0.2) is 0 Å². The second kappa shape index (κ2) is 10.1. The maximum atomic E-state index is 13.1. The number of carbonyl (C=O) groups is 2. The lowest BCUT2D eigenvalue weighted by atomic mass is 10.1. The average molecular weight is 408 g/mol.